The molecular weight excluding hydrogens is 476 g/mol. The molecule has 0 bridgehead atoms. The summed E-state index contributed by atoms with van der Waals surface area (Å²) in [5.41, 5.74) is 5.54. The van der Waals surface area contributed by atoms with Gasteiger partial charge in [0, 0.05) is 52.8 Å². The molecule has 1 unspecified atom stereocenters. The van der Waals surface area contributed by atoms with Crippen LogP contribution in [0.2, 0.25) is 0 Å². The maximum Gasteiger partial charge on any atom is 0.260 e. The summed E-state index contributed by atoms with van der Waals surface area (Å²) in [6.07, 6.45) is 5.53. The maximum atomic E-state index is 13.3. The molecule has 0 radical (unpaired) electrons. The van der Waals surface area contributed by atoms with Gasteiger partial charge in [-0.15, -0.1) is 0 Å². The summed E-state index contributed by atoms with van der Waals surface area (Å²) >= 11 is 0. The number of H-pyrrole nitrogens is 1. The SMILES string of the molecule is O=C(CC1c2ccccc2-c2cncn21)C1CCN(C(=O)COc2ccc3[nH]c4ccccc4c3c2)CC1. The van der Waals surface area contributed by atoms with Crippen LogP contribution in [0.5, 0.6) is 5.75 Å². The van der Waals surface area contributed by atoms with Crippen LogP contribution < -0.4 is 4.74 Å². The Labute approximate surface area is 220 Å². The van der Waals surface area contributed by atoms with Gasteiger partial charge in [0.25, 0.3) is 5.91 Å². The monoisotopic (exact) mass is 504 g/mol. The van der Waals surface area contributed by atoms with Crippen molar-refractivity contribution in [1.82, 2.24) is 19.4 Å². The number of rotatable bonds is 6. The summed E-state index contributed by atoms with van der Waals surface area (Å²) in [7, 11) is 0. The van der Waals surface area contributed by atoms with E-state index >= 15 is 0 Å². The molecule has 3 aromatic carbocycles. The Hall–Kier alpha value is -4.39. The van der Waals surface area contributed by atoms with E-state index in [1.807, 2.05) is 59.9 Å². The molecule has 1 N–H and O–H groups in total. The molecule has 190 valence electrons. The number of benzene rings is 3. The number of piperidine rings is 1. The zero-order chi connectivity index (χ0) is 25.6. The van der Waals surface area contributed by atoms with Gasteiger partial charge in [-0.2, -0.15) is 0 Å². The summed E-state index contributed by atoms with van der Waals surface area (Å²) in [6.45, 7) is 1.16. The number of hydrogen-bond acceptors (Lipinski definition) is 4. The zero-order valence-corrected chi connectivity index (χ0v) is 21.0. The second-order valence-electron chi connectivity index (χ2n) is 10.3. The van der Waals surface area contributed by atoms with Crippen LogP contribution in [-0.2, 0) is 9.59 Å². The first kappa shape index (κ1) is 22.8. The van der Waals surface area contributed by atoms with E-state index in [9.17, 15) is 9.59 Å². The van der Waals surface area contributed by atoms with Crippen LogP contribution in [0.1, 0.15) is 30.9 Å². The van der Waals surface area contributed by atoms with E-state index in [1.165, 1.54) is 5.56 Å². The van der Waals surface area contributed by atoms with Crippen LogP contribution in [-0.4, -0.2) is 50.8 Å². The standard InChI is InChI=1S/C31H28N4O3/c36-30(16-28-23-6-1-2-7-24(23)29-17-32-19-35(28)29)20-11-13-34(14-12-20)31(37)18-38-21-9-10-27-25(15-21)22-5-3-4-8-26(22)33-27/h1-10,15,17,19-20,28,33H,11-14,16,18H2. The lowest BCUT2D eigenvalue weighted by molar-refractivity contribution is -0.136. The minimum Gasteiger partial charge on any atom is -0.484 e. The molecule has 7 nitrogen and oxygen atoms in total. The normalized spacial score (nSPS) is 17.1. The predicted molar refractivity (Wildman–Crippen MR) is 146 cm³/mol. The van der Waals surface area contributed by atoms with Crippen molar-refractivity contribution in [2.75, 3.05) is 19.7 Å². The van der Waals surface area contributed by atoms with Crippen molar-refractivity contribution in [2.45, 2.75) is 25.3 Å². The number of ether oxygens (including phenoxy) is 1. The number of hydrogen-bond donors (Lipinski definition) is 1. The number of nitrogens with zero attached hydrogens (tertiary/aromatic N) is 3. The van der Waals surface area contributed by atoms with Crippen molar-refractivity contribution in [3.05, 3.63) is 84.8 Å². The third kappa shape index (κ3) is 3.86. The topological polar surface area (TPSA) is 80.2 Å². The second-order valence-corrected chi connectivity index (χ2v) is 10.3. The van der Waals surface area contributed by atoms with Gasteiger partial charge in [-0.1, -0.05) is 42.5 Å². The molecular formula is C31H28N4O3. The molecule has 7 rings (SSSR count). The first-order valence-corrected chi connectivity index (χ1v) is 13.2. The van der Waals surface area contributed by atoms with Gasteiger partial charge in [0.1, 0.15) is 11.5 Å². The summed E-state index contributed by atoms with van der Waals surface area (Å²) in [6, 6.07) is 22.3. The largest absolute Gasteiger partial charge is 0.484 e. The van der Waals surface area contributed by atoms with Gasteiger partial charge in [-0.25, -0.2) is 4.98 Å². The third-order valence-corrected chi connectivity index (χ3v) is 8.14. The number of imidazole rings is 1. The number of aromatic amines is 1. The van der Waals surface area contributed by atoms with Gasteiger partial charge in [0.15, 0.2) is 6.61 Å². The molecule has 1 fully saturated rings. The van der Waals surface area contributed by atoms with E-state index in [2.05, 4.69) is 38.8 Å². The van der Waals surface area contributed by atoms with Gasteiger partial charge in [0.2, 0.25) is 0 Å². The van der Waals surface area contributed by atoms with Crippen LogP contribution in [0.25, 0.3) is 33.1 Å². The molecule has 2 aliphatic heterocycles. The van der Waals surface area contributed by atoms with E-state index in [0.717, 1.165) is 33.1 Å². The number of aromatic nitrogens is 3. The average Bonchev–Trinajstić information content (AvgIpc) is 3.66. The summed E-state index contributed by atoms with van der Waals surface area (Å²) in [5, 5.41) is 2.22. The van der Waals surface area contributed by atoms with Crippen LogP contribution in [0.3, 0.4) is 0 Å². The molecule has 2 aliphatic rings. The van der Waals surface area contributed by atoms with Crippen molar-refractivity contribution in [3.63, 3.8) is 0 Å². The number of likely N-dealkylation sites (tertiary alicyclic amines) is 1. The Morgan fingerprint density at radius 3 is 2.63 bits per heavy atom. The van der Waals surface area contributed by atoms with Crippen LogP contribution >= 0.6 is 0 Å². The quantitative estimate of drug-likeness (QED) is 0.337. The lowest BCUT2D eigenvalue weighted by atomic mass is 9.87. The second kappa shape index (κ2) is 9.17. The molecule has 5 aromatic rings. The molecule has 1 amide bonds. The van der Waals surface area contributed by atoms with Crippen molar-refractivity contribution in [2.24, 2.45) is 5.92 Å². The molecule has 38 heavy (non-hydrogen) atoms. The smallest absolute Gasteiger partial charge is 0.260 e. The van der Waals surface area contributed by atoms with Crippen molar-refractivity contribution in [1.29, 1.82) is 0 Å². The van der Waals surface area contributed by atoms with Crippen molar-refractivity contribution >= 4 is 33.5 Å². The molecule has 0 spiro atoms. The first-order valence-electron chi connectivity index (χ1n) is 13.2. The van der Waals surface area contributed by atoms with Gasteiger partial charge in [0.05, 0.1) is 24.3 Å². The van der Waals surface area contributed by atoms with Gasteiger partial charge in [-0.3, -0.25) is 9.59 Å². The van der Waals surface area contributed by atoms with Crippen molar-refractivity contribution in [3.8, 4) is 17.0 Å². The Morgan fingerprint density at radius 2 is 1.74 bits per heavy atom. The fourth-order valence-corrected chi connectivity index (χ4v) is 6.10. The van der Waals surface area contributed by atoms with E-state index < -0.39 is 0 Å². The minimum atomic E-state index is -0.0392. The highest BCUT2D eigenvalue weighted by atomic mass is 16.5. The fraction of sp³-hybridized carbons (Fsp3) is 0.258. The Bertz CT molecular complexity index is 1680. The van der Waals surface area contributed by atoms with Crippen LogP contribution in [0.4, 0.5) is 0 Å². The van der Waals surface area contributed by atoms with E-state index in [1.54, 1.807) is 0 Å². The summed E-state index contributed by atoms with van der Waals surface area (Å²) in [4.78, 5) is 35.7. The zero-order valence-electron chi connectivity index (χ0n) is 21.0. The average molecular weight is 505 g/mol. The molecule has 4 heterocycles. The van der Waals surface area contributed by atoms with E-state index in [4.69, 9.17) is 4.74 Å². The first-order chi connectivity index (χ1) is 18.7. The Balaban J connectivity index is 0.954. The lowest BCUT2D eigenvalue weighted by Gasteiger charge is -2.31. The molecule has 0 saturated carbocycles. The van der Waals surface area contributed by atoms with Gasteiger partial charge in [-0.05, 0) is 42.7 Å². The minimum absolute atomic E-state index is 0.00116. The number of amides is 1. The lowest BCUT2D eigenvalue weighted by Crippen LogP contribution is -2.42. The highest BCUT2D eigenvalue weighted by Crippen LogP contribution is 2.41. The number of nitrogens with one attached hydrogen (secondary N) is 1. The van der Waals surface area contributed by atoms with Crippen LogP contribution in [0, 0.1) is 5.92 Å². The third-order valence-electron chi connectivity index (χ3n) is 8.14. The summed E-state index contributed by atoms with van der Waals surface area (Å²) in [5.74, 6) is 0.879. The predicted octanol–water partition coefficient (Wildman–Crippen LogP) is 5.36. The number of para-hydroxylation sites is 1. The van der Waals surface area contributed by atoms with Crippen LogP contribution in [0.15, 0.2) is 79.3 Å². The number of Topliss-reactive ketones (excluding diaryl/α,β-unsaturated/α-hetero) is 1. The summed E-state index contributed by atoms with van der Waals surface area (Å²) < 4.78 is 8.01. The number of ketones is 1. The molecule has 7 heteroatoms. The molecule has 2 aromatic heterocycles. The highest BCUT2D eigenvalue weighted by Gasteiger charge is 2.33. The maximum absolute atomic E-state index is 13.3. The van der Waals surface area contributed by atoms with E-state index in [-0.39, 0.29) is 30.3 Å². The highest BCUT2D eigenvalue weighted by molar-refractivity contribution is 6.07. The van der Waals surface area contributed by atoms with Crippen molar-refractivity contribution < 1.29 is 14.3 Å². The van der Waals surface area contributed by atoms with E-state index in [0.29, 0.717) is 38.1 Å². The number of carbonyl (C=O) groups excluding carboxylic acids is 2. The Kier molecular flexibility index (Phi) is 5.50. The fourth-order valence-electron chi connectivity index (χ4n) is 6.10. The molecule has 1 saturated heterocycles. The number of carbonyl (C=O) groups is 2. The van der Waals surface area contributed by atoms with Gasteiger partial charge < -0.3 is 19.2 Å². The molecule has 1 atom stereocenters. The Morgan fingerprint density at radius 1 is 0.947 bits per heavy atom. The number of fused-ring (bicyclic) bond motifs is 6. The molecule has 0 aliphatic carbocycles. The van der Waals surface area contributed by atoms with Gasteiger partial charge >= 0.3 is 0 Å².